The number of carbonyl (C=O) groups excluding carboxylic acids is 1. The monoisotopic (exact) mass is 366 g/mol. The number of non-ortho nitro benzene ring substituents is 1. The van der Waals surface area contributed by atoms with Crippen LogP contribution in [-0.4, -0.2) is 10.8 Å². The molecule has 0 aromatic heterocycles. The first kappa shape index (κ1) is 17.6. The minimum Gasteiger partial charge on any atom is -0.317 e. The molecule has 0 aliphatic carbocycles. The Morgan fingerprint density at radius 1 is 1.00 bits per heavy atom. The summed E-state index contributed by atoms with van der Waals surface area (Å²) in [5.41, 5.74) is -2.75. The number of nitro benzene ring substituents is 1. The number of nitrogens with zero attached hydrogens (tertiary/aromatic N) is 1. The van der Waals surface area contributed by atoms with E-state index in [1.165, 1.54) is 5.32 Å². The van der Waals surface area contributed by atoms with Crippen molar-refractivity contribution in [1.29, 1.82) is 0 Å². The Bertz CT molecular complexity index is 846. The quantitative estimate of drug-likeness (QED) is 0.291. The molecule has 126 valence electrons. The fourth-order valence-corrected chi connectivity index (χ4v) is 1.90. The van der Waals surface area contributed by atoms with Crippen LogP contribution in [0.15, 0.2) is 18.2 Å². The minimum atomic E-state index is -2.39. The lowest BCUT2D eigenvalue weighted by atomic mass is 10.1. The van der Waals surface area contributed by atoms with E-state index in [0.29, 0.717) is 6.07 Å². The highest BCUT2D eigenvalue weighted by molar-refractivity contribution is 6.34. The van der Waals surface area contributed by atoms with Crippen molar-refractivity contribution in [2.45, 2.75) is 0 Å². The van der Waals surface area contributed by atoms with E-state index < -0.39 is 56.9 Å². The first-order chi connectivity index (χ1) is 11.1. The molecule has 1 N–H and O–H groups in total. The van der Waals surface area contributed by atoms with Crippen LogP contribution in [0.4, 0.5) is 33.3 Å². The molecule has 0 bridgehead atoms. The van der Waals surface area contributed by atoms with Crippen molar-refractivity contribution in [2.24, 2.45) is 0 Å². The van der Waals surface area contributed by atoms with Crippen molar-refractivity contribution in [3.05, 3.63) is 68.0 Å². The molecule has 2 rings (SSSR count). The molecule has 0 fully saturated rings. The van der Waals surface area contributed by atoms with E-state index in [1.54, 1.807) is 0 Å². The number of rotatable bonds is 3. The van der Waals surface area contributed by atoms with E-state index >= 15 is 0 Å². The molecule has 0 saturated carbocycles. The molecule has 0 saturated heterocycles. The van der Waals surface area contributed by atoms with Crippen LogP contribution < -0.4 is 5.32 Å². The normalized spacial score (nSPS) is 10.6. The summed E-state index contributed by atoms with van der Waals surface area (Å²) in [6.45, 7) is 0. The third-order valence-electron chi connectivity index (χ3n) is 2.85. The van der Waals surface area contributed by atoms with E-state index in [9.17, 15) is 36.9 Å². The van der Waals surface area contributed by atoms with Gasteiger partial charge >= 0.3 is 0 Å². The molecule has 0 unspecified atom stereocenters. The molecule has 0 atom stereocenters. The average molecular weight is 367 g/mol. The van der Waals surface area contributed by atoms with Crippen LogP contribution in [0.1, 0.15) is 10.4 Å². The Labute approximate surface area is 134 Å². The summed E-state index contributed by atoms with van der Waals surface area (Å²) in [7, 11) is 0. The predicted octanol–water partition coefficient (Wildman–Crippen LogP) is 4.20. The van der Waals surface area contributed by atoms with Crippen LogP contribution in [0, 0.1) is 39.2 Å². The molecule has 0 aliphatic heterocycles. The summed E-state index contributed by atoms with van der Waals surface area (Å²) in [5, 5.41) is 11.8. The zero-order valence-electron chi connectivity index (χ0n) is 11.2. The number of nitro groups is 1. The van der Waals surface area contributed by atoms with Gasteiger partial charge in [0, 0.05) is 12.1 Å². The number of hydrogen-bond donors (Lipinski definition) is 1. The number of nitrogens with one attached hydrogen (secondary N) is 1. The van der Waals surface area contributed by atoms with Crippen LogP contribution in [0.5, 0.6) is 0 Å². The highest BCUT2D eigenvalue weighted by Crippen LogP contribution is 2.29. The average Bonchev–Trinajstić information content (AvgIpc) is 2.55. The molecule has 1 amide bonds. The minimum absolute atomic E-state index is 0.332. The molecule has 0 aliphatic rings. The lowest BCUT2D eigenvalue weighted by Crippen LogP contribution is -2.17. The van der Waals surface area contributed by atoms with Gasteiger partial charge in [-0.25, -0.2) is 22.0 Å². The summed E-state index contributed by atoms with van der Waals surface area (Å²) in [6.07, 6.45) is 0. The highest BCUT2D eigenvalue weighted by Gasteiger charge is 2.27. The molecule has 2 aromatic rings. The van der Waals surface area contributed by atoms with Crippen molar-refractivity contribution < 1.29 is 31.7 Å². The van der Waals surface area contributed by atoms with E-state index in [2.05, 4.69) is 0 Å². The Balaban J connectivity index is 2.48. The maximum atomic E-state index is 13.5. The molecular formula is C13H4ClF5N2O3. The van der Waals surface area contributed by atoms with Gasteiger partial charge < -0.3 is 5.32 Å². The smallest absolute Gasteiger partial charge is 0.270 e. The Kier molecular flexibility index (Phi) is 4.69. The predicted molar refractivity (Wildman–Crippen MR) is 72.3 cm³/mol. The highest BCUT2D eigenvalue weighted by atomic mass is 35.5. The molecule has 0 heterocycles. The lowest BCUT2D eigenvalue weighted by Gasteiger charge is -2.10. The van der Waals surface area contributed by atoms with Gasteiger partial charge in [0.05, 0.1) is 15.5 Å². The molecule has 0 radical (unpaired) electrons. The van der Waals surface area contributed by atoms with E-state index in [4.69, 9.17) is 11.6 Å². The van der Waals surface area contributed by atoms with Gasteiger partial charge in [-0.1, -0.05) is 11.6 Å². The van der Waals surface area contributed by atoms with E-state index in [0.717, 1.165) is 12.1 Å². The zero-order chi connectivity index (χ0) is 18.2. The summed E-state index contributed by atoms with van der Waals surface area (Å²) in [5.74, 6) is -12.8. The SMILES string of the molecule is O=C(Nc1c(F)c(F)c(F)c(F)c1F)c1cc([N+](=O)[O-])ccc1Cl. The van der Waals surface area contributed by atoms with Crippen LogP contribution >= 0.6 is 11.6 Å². The van der Waals surface area contributed by atoms with Crippen molar-refractivity contribution in [1.82, 2.24) is 0 Å². The van der Waals surface area contributed by atoms with Crippen LogP contribution in [0.3, 0.4) is 0 Å². The molecular weight excluding hydrogens is 363 g/mol. The first-order valence-electron chi connectivity index (χ1n) is 5.91. The molecule has 24 heavy (non-hydrogen) atoms. The largest absolute Gasteiger partial charge is 0.317 e. The topological polar surface area (TPSA) is 72.2 Å². The number of halogens is 6. The van der Waals surface area contributed by atoms with E-state index in [-0.39, 0.29) is 5.02 Å². The number of benzene rings is 2. The summed E-state index contributed by atoms with van der Waals surface area (Å²) >= 11 is 5.65. The zero-order valence-corrected chi connectivity index (χ0v) is 11.9. The van der Waals surface area contributed by atoms with Gasteiger partial charge in [0.2, 0.25) is 5.82 Å². The van der Waals surface area contributed by atoms with Gasteiger partial charge in [0.25, 0.3) is 11.6 Å². The maximum absolute atomic E-state index is 13.5. The van der Waals surface area contributed by atoms with Gasteiger partial charge in [-0.2, -0.15) is 0 Å². The van der Waals surface area contributed by atoms with Gasteiger partial charge in [-0.15, -0.1) is 0 Å². The fourth-order valence-electron chi connectivity index (χ4n) is 1.70. The second-order valence-electron chi connectivity index (χ2n) is 4.32. The maximum Gasteiger partial charge on any atom is 0.270 e. The molecule has 5 nitrogen and oxygen atoms in total. The van der Waals surface area contributed by atoms with Gasteiger partial charge in [0.1, 0.15) is 5.69 Å². The Hall–Kier alpha value is -2.75. The van der Waals surface area contributed by atoms with Crippen molar-refractivity contribution in [2.75, 3.05) is 5.32 Å². The number of amides is 1. The summed E-state index contributed by atoms with van der Waals surface area (Å²) < 4.78 is 66.1. The number of carbonyl (C=O) groups is 1. The number of hydrogen-bond acceptors (Lipinski definition) is 3. The standard InChI is InChI=1S/C13H4ClF5N2O3/c14-6-2-1-4(21(23)24)3-5(6)13(22)20-12-10(18)8(16)7(15)9(17)11(12)19/h1-3H,(H,20,22). The summed E-state index contributed by atoms with van der Waals surface area (Å²) in [6, 6.07) is 2.61. The number of anilines is 1. The van der Waals surface area contributed by atoms with Gasteiger partial charge in [-0.3, -0.25) is 14.9 Å². The van der Waals surface area contributed by atoms with Crippen LogP contribution in [0.2, 0.25) is 5.02 Å². The van der Waals surface area contributed by atoms with E-state index in [1.807, 2.05) is 0 Å². The van der Waals surface area contributed by atoms with Crippen LogP contribution in [0.25, 0.3) is 0 Å². The van der Waals surface area contributed by atoms with Crippen molar-refractivity contribution in [3.8, 4) is 0 Å². The van der Waals surface area contributed by atoms with Gasteiger partial charge in [-0.05, 0) is 6.07 Å². The Morgan fingerprint density at radius 2 is 1.50 bits per heavy atom. The van der Waals surface area contributed by atoms with Gasteiger partial charge in [0.15, 0.2) is 23.3 Å². The lowest BCUT2D eigenvalue weighted by molar-refractivity contribution is -0.384. The third kappa shape index (κ3) is 3.00. The molecule has 0 spiro atoms. The van der Waals surface area contributed by atoms with Crippen LogP contribution in [-0.2, 0) is 0 Å². The fraction of sp³-hybridized carbons (Fsp3) is 0. The molecule has 2 aromatic carbocycles. The first-order valence-corrected chi connectivity index (χ1v) is 6.29. The third-order valence-corrected chi connectivity index (χ3v) is 3.18. The molecule has 11 heteroatoms. The second kappa shape index (κ2) is 6.40. The second-order valence-corrected chi connectivity index (χ2v) is 4.73. The van der Waals surface area contributed by atoms with Crippen molar-refractivity contribution in [3.63, 3.8) is 0 Å². The Morgan fingerprint density at radius 3 is 2.00 bits per heavy atom. The summed E-state index contributed by atoms with van der Waals surface area (Å²) in [4.78, 5) is 21.7. The van der Waals surface area contributed by atoms with Crippen molar-refractivity contribution >= 4 is 28.9 Å².